The van der Waals surface area contributed by atoms with Gasteiger partial charge in [-0.25, -0.2) is 9.19 Å². The number of aromatic nitrogens is 2. The molecule has 1 unspecified atom stereocenters. The molecule has 0 aliphatic carbocycles. The maximum atomic E-state index is 11.9. The Labute approximate surface area is 125 Å². The maximum Gasteiger partial charge on any atom is 0.282 e. The summed E-state index contributed by atoms with van der Waals surface area (Å²) >= 11 is 0.247. The van der Waals surface area contributed by atoms with Crippen molar-refractivity contribution < 1.29 is 9.92 Å². The van der Waals surface area contributed by atoms with Crippen molar-refractivity contribution in [3.63, 3.8) is 0 Å². The summed E-state index contributed by atoms with van der Waals surface area (Å²) in [6.45, 7) is 3.60. The monoisotopic (exact) mass is 314 g/mol. The molecule has 0 bridgehead atoms. The van der Waals surface area contributed by atoms with E-state index in [9.17, 15) is 4.21 Å². The summed E-state index contributed by atoms with van der Waals surface area (Å²) in [6.07, 6.45) is 0. The van der Waals surface area contributed by atoms with E-state index >= 15 is 0 Å². The van der Waals surface area contributed by atoms with E-state index in [0.717, 1.165) is 41.2 Å². The molecule has 1 aromatic carbocycles. The molecule has 8 heteroatoms. The van der Waals surface area contributed by atoms with Crippen molar-refractivity contribution >= 4 is 40.0 Å². The van der Waals surface area contributed by atoms with E-state index in [0.29, 0.717) is 5.95 Å². The van der Waals surface area contributed by atoms with Gasteiger partial charge in [0.15, 0.2) is 0 Å². The molecule has 0 radical (unpaired) electrons. The Hall–Kier alpha value is -1.09. The standard InChI is InChI=1S/C12H16N4O2S2.H2/c1-9-2-3-10-11(8-9)14-12(13-10)15-20(17)18-16-4-6-19-7-5-16;/h2-3,8H,4-7H2,1H3,(H2,13,14,15);1H. The van der Waals surface area contributed by atoms with Gasteiger partial charge in [-0.2, -0.15) is 21.1 Å². The molecule has 20 heavy (non-hydrogen) atoms. The van der Waals surface area contributed by atoms with Crippen molar-refractivity contribution in [1.29, 1.82) is 0 Å². The lowest BCUT2D eigenvalue weighted by atomic mass is 10.2. The molecule has 2 N–H and O–H groups in total. The number of anilines is 1. The maximum absolute atomic E-state index is 11.9. The molecule has 0 spiro atoms. The van der Waals surface area contributed by atoms with Crippen LogP contribution in [0.4, 0.5) is 5.95 Å². The molecule has 1 fully saturated rings. The molecule has 2 heterocycles. The number of hydrogen-bond acceptors (Lipinski definition) is 5. The van der Waals surface area contributed by atoms with E-state index in [1.54, 1.807) is 5.06 Å². The fourth-order valence-electron chi connectivity index (χ4n) is 1.99. The van der Waals surface area contributed by atoms with Gasteiger partial charge >= 0.3 is 0 Å². The molecule has 1 aromatic heterocycles. The number of aromatic amines is 1. The average Bonchev–Trinajstić information content (AvgIpc) is 2.80. The summed E-state index contributed by atoms with van der Waals surface area (Å²) in [4.78, 5) is 7.41. The summed E-state index contributed by atoms with van der Waals surface area (Å²) in [6, 6.07) is 5.92. The van der Waals surface area contributed by atoms with Crippen LogP contribution in [0.5, 0.6) is 0 Å². The van der Waals surface area contributed by atoms with E-state index in [2.05, 4.69) is 14.7 Å². The summed E-state index contributed by atoms with van der Waals surface area (Å²) in [5.41, 5.74) is 2.90. The first kappa shape index (κ1) is 13.9. The highest BCUT2D eigenvalue weighted by atomic mass is 32.2. The molecule has 1 atom stereocenters. The van der Waals surface area contributed by atoms with Gasteiger partial charge < -0.3 is 4.98 Å². The van der Waals surface area contributed by atoms with Gasteiger partial charge in [-0.1, -0.05) is 6.07 Å². The Bertz CT molecular complexity index is 631. The van der Waals surface area contributed by atoms with Crippen LogP contribution in [0.3, 0.4) is 0 Å². The largest absolute Gasteiger partial charge is 0.323 e. The zero-order valence-electron chi connectivity index (χ0n) is 11.1. The fraction of sp³-hybridized carbons (Fsp3) is 0.417. The van der Waals surface area contributed by atoms with E-state index in [1.165, 1.54) is 0 Å². The number of aryl methyl sites for hydroxylation is 1. The van der Waals surface area contributed by atoms with Gasteiger partial charge in [0.1, 0.15) is 0 Å². The highest BCUT2D eigenvalue weighted by Crippen LogP contribution is 2.16. The van der Waals surface area contributed by atoms with Crippen molar-refractivity contribution in [2.45, 2.75) is 6.92 Å². The van der Waals surface area contributed by atoms with Crippen LogP contribution in [-0.4, -0.2) is 43.8 Å². The highest BCUT2D eigenvalue weighted by molar-refractivity contribution is 7.99. The molecule has 1 aliphatic rings. The minimum atomic E-state index is -1.63. The molecule has 0 amide bonds. The quantitative estimate of drug-likeness (QED) is 0.904. The molecule has 6 nitrogen and oxygen atoms in total. The Kier molecular flexibility index (Phi) is 4.25. The van der Waals surface area contributed by atoms with Crippen LogP contribution >= 0.6 is 11.8 Å². The summed E-state index contributed by atoms with van der Waals surface area (Å²) < 4.78 is 20.0. The van der Waals surface area contributed by atoms with Gasteiger partial charge in [0.05, 0.1) is 11.0 Å². The summed E-state index contributed by atoms with van der Waals surface area (Å²) in [7, 11) is 0. The predicted octanol–water partition coefficient (Wildman–Crippen LogP) is 2.09. The highest BCUT2D eigenvalue weighted by Gasteiger charge is 2.15. The number of imidazole rings is 1. The number of nitrogens with one attached hydrogen (secondary N) is 2. The van der Waals surface area contributed by atoms with Crippen molar-refractivity contribution in [2.24, 2.45) is 0 Å². The van der Waals surface area contributed by atoms with Gasteiger partial charge in [0, 0.05) is 26.0 Å². The van der Waals surface area contributed by atoms with Crippen molar-refractivity contribution in [1.82, 2.24) is 15.0 Å². The Morgan fingerprint density at radius 1 is 1.50 bits per heavy atom. The summed E-state index contributed by atoms with van der Waals surface area (Å²) in [5.74, 6) is 2.46. The number of hydrogen-bond donors (Lipinski definition) is 2. The molecule has 0 saturated carbocycles. The van der Waals surface area contributed by atoms with Crippen LogP contribution in [0, 0.1) is 6.92 Å². The van der Waals surface area contributed by atoms with E-state index in [4.69, 9.17) is 4.28 Å². The number of rotatable bonds is 4. The Morgan fingerprint density at radius 3 is 3.10 bits per heavy atom. The zero-order valence-corrected chi connectivity index (χ0v) is 12.7. The first-order chi connectivity index (χ1) is 9.70. The van der Waals surface area contributed by atoms with Crippen molar-refractivity contribution in [3.8, 4) is 0 Å². The van der Waals surface area contributed by atoms with Gasteiger partial charge in [0.25, 0.3) is 11.3 Å². The molecule has 2 aromatic rings. The van der Waals surface area contributed by atoms with Crippen LogP contribution in [-0.2, 0) is 15.6 Å². The average molecular weight is 314 g/mol. The molecule has 1 aliphatic heterocycles. The van der Waals surface area contributed by atoms with E-state index in [-0.39, 0.29) is 1.43 Å². The molecule has 110 valence electrons. The minimum absolute atomic E-state index is 0. The summed E-state index contributed by atoms with van der Waals surface area (Å²) in [5, 5.41) is 1.73. The van der Waals surface area contributed by atoms with Crippen LogP contribution in [0.1, 0.15) is 6.99 Å². The SMILES string of the molecule is Cc1ccc2nc(NS(=O)ON3CCSCC3)[nH]c2c1.[HH]. The molecular formula is C12H18N4O2S2. The number of H-pyrrole nitrogens is 1. The lowest BCUT2D eigenvalue weighted by Gasteiger charge is -2.23. The smallest absolute Gasteiger partial charge is 0.282 e. The third-order valence-corrected chi connectivity index (χ3v) is 4.61. The normalized spacial score (nSPS) is 18.2. The molecule has 3 rings (SSSR count). The van der Waals surface area contributed by atoms with Gasteiger partial charge in [-0.05, 0) is 24.6 Å². The molecule has 1 saturated heterocycles. The minimum Gasteiger partial charge on any atom is -0.323 e. The van der Waals surface area contributed by atoms with Crippen LogP contribution in [0.15, 0.2) is 18.2 Å². The Morgan fingerprint density at radius 2 is 2.30 bits per heavy atom. The topological polar surface area (TPSA) is 70.2 Å². The third kappa shape index (κ3) is 3.32. The van der Waals surface area contributed by atoms with Crippen molar-refractivity contribution in [3.05, 3.63) is 23.8 Å². The number of fused-ring (bicyclic) bond motifs is 1. The predicted molar refractivity (Wildman–Crippen MR) is 84.7 cm³/mol. The van der Waals surface area contributed by atoms with Gasteiger partial charge in [0.2, 0.25) is 5.95 Å². The van der Waals surface area contributed by atoms with Crippen LogP contribution in [0.2, 0.25) is 0 Å². The number of thioether (sulfide) groups is 1. The second kappa shape index (κ2) is 6.13. The number of nitrogens with zero attached hydrogens (tertiary/aromatic N) is 2. The zero-order chi connectivity index (χ0) is 13.9. The fourth-order valence-corrected chi connectivity index (χ4v) is 3.49. The van der Waals surface area contributed by atoms with Gasteiger partial charge in [-0.3, -0.25) is 4.72 Å². The van der Waals surface area contributed by atoms with Crippen molar-refractivity contribution in [2.75, 3.05) is 29.3 Å². The molecular weight excluding hydrogens is 296 g/mol. The van der Waals surface area contributed by atoms with Crippen LogP contribution < -0.4 is 4.72 Å². The lowest BCUT2D eigenvalue weighted by molar-refractivity contribution is -0.0338. The lowest BCUT2D eigenvalue weighted by Crippen LogP contribution is -2.34. The number of benzene rings is 1. The van der Waals surface area contributed by atoms with Crippen LogP contribution in [0.25, 0.3) is 11.0 Å². The second-order valence-electron chi connectivity index (χ2n) is 4.56. The number of hydroxylamine groups is 2. The Balaban J connectivity index is 0.00000161. The van der Waals surface area contributed by atoms with E-state index < -0.39 is 11.3 Å². The first-order valence-corrected chi connectivity index (χ1v) is 8.59. The third-order valence-electron chi connectivity index (χ3n) is 2.96. The second-order valence-corrected chi connectivity index (χ2v) is 6.61. The first-order valence-electron chi connectivity index (χ1n) is 6.37. The van der Waals surface area contributed by atoms with E-state index in [1.807, 2.05) is 36.9 Å². The van der Waals surface area contributed by atoms with Gasteiger partial charge in [-0.15, -0.1) is 0 Å².